The van der Waals surface area contributed by atoms with E-state index < -0.39 is 12.1 Å². The standard InChI is InChI=1S/C33H36N4O7/c1-18-10-25-30(38)34-23-14-27(20(3)12-21(23)32(40)36(25)16-18)43-8-6-5-7-9-44-29-15-24-22(13-28(29)42-4)33(41)37-17-19(2)11-26(37)31(39)35-24/h12-15,25-26H,1-2,5-11,16-17H2,3-4H3,(H,34,38)(H,35,39)/t25-,26-/m0/s1. The number of carbonyl (C=O) groups excluding carboxylic acids is 4. The lowest BCUT2D eigenvalue weighted by atomic mass is 10.1. The predicted octanol–water partition coefficient (Wildman–Crippen LogP) is 4.08. The van der Waals surface area contributed by atoms with Crippen molar-refractivity contribution in [3.8, 4) is 17.2 Å². The summed E-state index contributed by atoms with van der Waals surface area (Å²) >= 11 is 0. The van der Waals surface area contributed by atoms with Crippen LogP contribution in [0.25, 0.3) is 0 Å². The summed E-state index contributed by atoms with van der Waals surface area (Å²) in [7, 11) is 1.51. The molecule has 4 amide bonds. The van der Waals surface area contributed by atoms with Crippen molar-refractivity contribution >= 4 is 35.0 Å². The van der Waals surface area contributed by atoms with Gasteiger partial charge in [-0.25, -0.2) is 0 Å². The molecule has 4 aliphatic rings. The summed E-state index contributed by atoms with van der Waals surface area (Å²) in [5.41, 5.74) is 4.23. The molecule has 0 radical (unpaired) electrons. The average Bonchev–Trinajstić information content (AvgIpc) is 3.55. The van der Waals surface area contributed by atoms with E-state index >= 15 is 0 Å². The minimum atomic E-state index is -0.561. The molecule has 2 aromatic carbocycles. The smallest absolute Gasteiger partial charge is 0.257 e. The second kappa shape index (κ2) is 11.7. The number of aryl methyl sites for hydroxylation is 1. The van der Waals surface area contributed by atoms with Crippen LogP contribution in [0.4, 0.5) is 11.4 Å². The highest BCUT2D eigenvalue weighted by Crippen LogP contribution is 2.38. The van der Waals surface area contributed by atoms with Crippen LogP contribution in [0, 0.1) is 6.92 Å². The van der Waals surface area contributed by atoms with Crippen molar-refractivity contribution in [2.24, 2.45) is 0 Å². The van der Waals surface area contributed by atoms with Crippen LogP contribution in [0.1, 0.15) is 58.4 Å². The quantitative estimate of drug-likeness (QED) is 0.328. The highest BCUT2D eigenvalue weighted by molar-refractivity contribution is 6.12. The van der Waals surface area contributed by atoms with Crippen molar-refractivity contribution in [3.63, 3.8) is 0 Å². The van der Waals surface area contributed by atoms with Crippen LogP contribution in [-0.2, 0) is 9.59 Å². The third-order valence-corrected chi connectivity index (χ3v) is 8.53. The molecule has 0 unspecified atom stereocenters. The number of unbranched alkanes of at least 4 members (excludes halogenated alkanes) is 2. The molecule has 2 atom stereocenters. The highest BCUT2D eigenvalue weighted by atomic mass is 16.5. The van der Waals surface area contributed by atoms with E-state index in [1.54, 1.807) is 34.1 Å². The van der Waals surface area contributed by atoms with E-state index in [1.165, 1.54) is 7.11 Å². The molecule has 2 aromatic rings. The zero-order chi connectivity index (χ0) is 31.1. The van der Waals surface area contributed by atoms with Crippen LogP contribution in [0.2, 0.25) is 0 Å². The molecule has 4 heterocycles. The van der Waals surface area contributed by atoms with Crippen molar-refractivity contribution in [2.75, 3.05) is 44.0 Å². The van der Waals surface area contributed by atoms with Crippen molar-refractivity contribution < 1.29 is 33.4 Å². The Kier molecular flexibility index (Phi) is 7.79. The number of benzene rings is 2. The fraction of sp³-hybridized carbons (Fsp3) is 0.394. The van der Waals surface area contributed by atoms with E-state index in [-0.39, 0.29) is 23.6 Å². The summed E-state index contributed by atoms with van der Waals surface area (Å²) in [4.78, 5) is 55.0. The van der Waals surface area contributed by atoms with E-state index in [0.717, 1.165) is 36.0 Å². The number of fused-ring (bicyclic) bond motifs is 4. The largest absolute Gasteiger partial charge is 0.493 e. The molecule has 4 aliphatic heterocycles. The molecule has 230 valence electrons. The zero-order valence-corrected chi connectivity index (χ0v) is 25.0. The normalized spacial score (nSPS) is 20.7. The summed E-state index contributed by atoms with van der Waals surface area (Å²) in [6.07, 6.45) is 3.25. The van der Waals surface area contributed by atoms with E-state index in [4.69, 9.17) is 14.2 Å². The van der Waals surface area contributed by atoms with Crippen molar-refractivity contribution in [1.29, 1.82) is 0 Å². The fourth-order valence-electron chi connectivity index (χ4n) is 6.22. The van der Waals surface area contributed by atoms with Gasteiger partial charge in [-0.05, 0) is 56.7 Å². The SMILES string of the molecule is C=C1C[C@H]2C(=O)Nc3cc(OCCCCCOc4cc5c(cc4OC)C(=O)N4CC(=C)C[C@H]4C(=O)N5)c(C)cc3C(=O)N2C1. The van der Waals surface area contributed by atoms with Crippen LogP contribution in [0.15, 0.2) is 48.6 Å². The van der Waals surface area contributed by atoms with Gasteiger partial charge in [0.2, 0.25) is 11.8 Å². The molecule has 6 rings (SSSR count). The molecule has 0 saturated carbocycles. The Bertz CT molecular complexity index is 1600. The Hall–Kier alpha value is -4.80. The lowest BCUT2D eigenvalue weighted by Crippen LogP contribution is -2.40. The molecule has 2 fully saturated rings. The molecule has 0 aromatic heterocycles. The zero-order valence-electron chi connectivity index (χ0n) is 25.0. The average molecular weight is 601 g/mol. The number of hydrogen-bond acceptors (Lipinski definition) is 7. The molecule has 2 N–H and O–H groups in total. The van der Waals surface area contributed by atoms with Gasteiger partial charge in [-0.1, -0.05) is 24.3 Å². The Balaban J connectivity index is 1.02. The Labute approximate surface area is 255 Å². The monoisotopic (exact) mass is 600 g/mol. The van der Waals surface area contributed by atoms with Gasteiger partial charge >= 0.3 is 0 Å². The van der Waals surface area contributed by atoms with Crippen molar-refractivity contribution in [2.45, 2.75) is 51.1 Å². The van der Waals surface area contributed by atoms with E-state index in [2.05, 4.69) is 23.8 Å². The van der Waals surface area contributed by atoms with E-state index in [1.807, 2.05) is 6.92 Å². The molecule has 11 nitrogen and oxygen atoms in total. The van der Waals surface area contributed by atoms with Gasteiger partial charge in [0.15, 0.2) is 11.5 Å². The molecular weight excluding hydrogens is 564 g/mol. The summed E-state index contributed by atoms with van der Waals surface area (Å²) < 4.78 is 17.5. The number of anilines is 2. The second-order valence-corrected chi connectivity index (χ2v) is 11.8. The number of amides is 4. The molecule has 0 spiro atoms. The van der Waals surface area contributed by atoms with Gasteiger partial charge in [-0.2, -0.15) is 0 Å². The topological polar surface area (TPSA) is 127 Å². The number of carbonyl (C=O) groups is 4. The van der Waals surface area contributed by atoms with Gasteiger partial charge in [0.25, 0.3) is 11.8 Å². The molecule has 44 heavy (non-hydrogen) atoms. The maximum Gasteiger partial charge on any atom is 0.257 e. The number of hydrogen-bond donors (Lipinski definition) is 2. The minimum absolute atomic E-state index is 0.177. The van der Waals surface area contributed by atoms with Crippen molar-refractivity contribution in [3.05, 3.63) is 65.3 Å². The molecule has 0 aliphatic carbocycles. The van der Waals surface area contributed by atoms with E-state index in [9.17, 15) is 19.2 Å². The van der Waals surface area contributed by atoms with Gasteiger partial charge < -0.3 is 34.6 Å². The van der Waals surface area contributed by atoms with Gasteiger partial charge in [-0.15, -0.1) is 0 Å². The van der Waals surface area contributed by atoms with Crippen LogP contribution < -0.4 is 24.8 Å². The number of nitrogens with one attached hydrogen (secondary N) is 2. The van der Waals surface area contributed by atoms with Crippen molar-refractivity contribution in [1.82, 2.24) is 9.80 Å². The summed E-state index contributed by atoms with van der Waals surface area (Å²) in [5, 5.41) is 5.77. The maximum absolute atomic E-state index is 13.2. The Morgan fingerprint density at radius 3 is 1.77 bits per heavy atom. The maximum atomic E-state index is 13.2. The van der Waals surface area contributed by atoms with Crippen LogP contribution >= 0.6 is 0 Å². The number of methoxy groups -OCH3 is 1. The van der Waals surface area contributed by atoms with Crippen LogP contribution in [0.5, 0.6) is 17.2 Å². The van der Waals surface area contributed by atoms with Gasteiger partial charge in [0, 0.05) is 25.2 Å². The van der Waals surface area contributed by atoms with Gasteiger partial charge in [0.1, 0.15) is 17.8 Å². The van der Waals surface area contributed by atoms with Gasteiger partial charge in [-0.3, -0.25) is 19.2 Å². The van der Waals surface area contributed by atoms with Crippen LogP contribution in [-0.4, -0.2) is 78.9 Å². The fourth-order valence-corrected chi connectivity index (χ4v) is 6.22. The summed E-state index contributed by atoms with van der Waals surface area (Å²) in [6, 6.07) is 5.68. The number of nitrogens with zero attached hydrogens (tertiary/aromatic N) is 2. The first-order valence-corrected chi connectivity index (χ1v) is 14.8. The predicted molar refractivity (Wildman–Crippen MR) is 163 cm³/mol. The molecule has 0 bridgehead atoms. The minimum Gasteiger partial charge on any atom is -0.493 e. The Morgan fingerprint density at radius 1 is 0.727 bits per heavy atom. The Morgan fingerprint density at radius 2 is 1.23 bits per heavy atom. The number of rotatable bonds is 9. The summed E-state index contributed by atoms with van der Waals surface area (Å²) in [6.45, 7) is 11.4. The lowest BCUT2D eigenvalue weighted by Gasteiger charge is -2.19. The van der Waals surface area contributed by atoms with E-state index in [0.29, 0.717) is 78.9 Å². The first-order valence-electron chi connectivity index (χ1n) is 14.8. The van der Waals surface area contributed by atoms with Gasteiger partial charge in [0.05, 0.1) is 42.8 Å². The molecule has 2 saturated heterocycles. The third-order valence-electron chi connectivity index (χ3n) is 8.53. The highest BCUT2D eigenvalue weighted by Gasteiger charge is 2.41. The van der Waals surface area contributed by atoms with Crippen LogP contribution in [0.3, 0.4) is 0 Å². The summed E-state index contributed by atoms with van der Waals surface area (Å²) in [5.74, 6) is 0.621. The third kappa shape index (κ3) is 5.38. The first-order chi connectivity index (χ1) is 21.1. The first kappa shape index (κ1) is 29.3. The lowest BCUT2D eigenvalue weighted by molar-refractivity contribution is -0.120. The molecule has 11 heteroatoms. The second-order valence-electron chi connectivity index (χ2n) is 11.8. The number of ether oxygens (including phenoxy) is 3. The molecular formula is C33H36N4O7.